The van der Waals surface area contributed by atoms with E-state index < -0.39 is 40.2 Å². The number of halogens is 1. The summed E-state index contributed by atoms with van der Waals surface area (Å²) in [6, 6.07) is 10.8. The first-order chi connectivity index (χ1) is 16.5. The van der Waals surface area contributed by atoms with Crippen LogP contribution in [0.2, 0.25) is 0 Å². The molecule has 0 radical (unpaired) electrons. The topological polar surface area (TPSA) is 104 Å². The number of hydrogen-bond donors (Lipinski definition) is 1. The van der Waals surface area contributed by atoms with Crippen LogP contribution in [-0.4, -0.2) is 56.3 Å². The van der Waals surface area contributed by atoms with Crippen molar-refractivity contribution in [1.82, 2.24) is 10.2 Å². The molecule has 0 unspecified atom stereocenters. The molecule has 10 heteroatoms. The third kappa shape index (κ3) is 7.88. The molecule has 0 spiro atoms. The zero-order valence-corrected chi connectivity index (χ0v) is 21.3. The first-order valence-electron chi connectivity index (χ1n) is 11.3. The van der Waals surface area contributed by atoms with E-state index in [-0.39, 0.29) is 29.1 Å². The standard InChI is InChI=1S/C25H32FN3O5S/c1-5-6-14-27-25(32)18(2)28(16-21-10-7-8-13-23(21)26)24(31)17-29(35(4,33)34)22-12-9-11-20(15-22)19(3)30/h7-13,15,18H,5-6,14,16-17H2,1-4H3,(H,27,32)/t18-/m1/s1. The summed E-state index contributed by atoms with van der Waals surface area (Å²) in [5.41, 5.74) is 0.619. The van der Waals surface area contributed by atoms with Gasteiger partial charge in [0, 0.05) is 24.2 Å². The van der Waals surface area contributed by atoms with Gasteiger partial charge in [0.15, 0.2) is 5.78 Å². The number of amides is 2. The number of unbranched alkanes of at least 4 members (excludes halogenated alkanes) is 1. The second-order valence-corrected chi connectivity index (χ2v) is 10.2. The normalized spacial score (nSPS) is 12.0. The molecule has 0 aliphatic rings. The van der Waals surface area contributed by atoms with Gasteiger partial charge in [0.2, 0.25) is 21.8 Å². The lowest BCUT2D eigenvalue weighted by atomic mass is 10.1. The Bertz CT molecular complexity index is 1170. The van der Waals surface area contributed by atoms with Crippen LogP contribution in [0.1, 0.15) is 49.5 Å². The Morgan fingerprint density at radius 3 is 2.37 bits per heavy atom. The molecule has 1 N–H and O–H groups in total. The van der Waals surface area contributed by atoms with Gasteiger partial charge in [0.25, 0.3) is 0 Å². The largest absolute Gasteiger partial charge is 0.354 e. The maximum atomic E-state index is 14.4. The van der Waals surface area contributed by atoms with Crippen molar-refractivity contribution in [3.63, 3.8) is 0 Å². The Kier molecular flexibility index (Phi) is 9.94. The lowest BCUT2D eigenvalue weighted by molar-refractivity contribution is -0.139. The molecule has 2 rings (SSSR count). The summed E-state index contributed by atoms with van der Waals surface area (Å²) in [7, 11) is -3.93. The minimum absolute atomic E-state index is 0.138. The number of Topliss-reactive ketones (excluding diaryl/α,β-unsaturated/α-hetero) is 1. The van der Waals surface area contributed by atoms with E-state index >= 15 is 0 Å². The highest BCUT2D eigenvalue weighted by Gasteiger charge is 2.30. The Balaban J connectivity index is 2.40. The van der Waals surface area contributed by atoms with Crippen LogP contribution >= 0.6 is 0 Å². The van der Waals surface area contributed by atoms with Crippen molar-refractivity contribution in [3.8, 4) is 0 Å². The Morgan fingerprint density at radius 1 is 1.09 bits per heavy atom. The Hall–Kier alpha value is -3.27. The fourth-order valence-corrected chi connectivity index (χ4v) is 4.26. The van der Waals surface area contributed by atoms with E-state index in [1.54, 1.807) is 12.1 Å². The number of nitrogens with one attached hydrogen (secondary N) is 1. The molecule has 35 heavy (non-hydrogen) atoms. The van der Waals surface area contributed by atoms with Crippen LogP contribution < -0.4 is 9.62 Å². The lowest BCUT2D eigenvalue weighted by Gasteiger charge is -2.31. The van der Waals surface area contributed by atoms with E-state index in [4.69, 9.17) is 0 Å². The van der Waals surface area contributed by atoms with Gasteiger partial charge in [-0.2, -0.15) is 0 Å². The lowest BCUT2D eigenvalue weighted by Crippen LogP contribution is -2.51. The van der Waals surface area contributed by atoms with E-state index in [9.17, 15) is 27.2 Å². The van der Waals surface area contributed by atoms with Gasteiger partial charge < -0.3 is 10.2 Å². The molecule has 190 valence electrons. The third-order valence-electron chi connectivity index (χ3n) is 5.52. The number of benzene rings is 2. The highest BCUT2D eigenvalue weighted by atomic mass is 32.2. The van der Waals surface area contributed by atoms with Crippen molar-refractivity contribution in [2.75, 3.05) is 23.7 Å². The quantitative estimate of drug-likeness (QED) is 0.353. The van der Waals surface area contributed by atoms with Crippen molar-refractivity contribution >= 4 is 33.3 Å². The molecule has 0 aliphatic heterocycles. The molecule has 8 nitrogen and oxygen atoms in total. The smallest absolute Gasteiger partial charge is 0.244 e. The van der Waals surface area contributed by atoms with E-state index in [0.717, 1.165) is 28.3 Å². The second-order valence-electron chi connectivity index (χ2n) is 8.31. The molecule has 2 aromatic carbocycles. The highest BCUT2D eigenvalue weighted by Crippen LogP contribution is 2.21. The molecule has 0 aromatic heterocycles. The molecular weight excluding hydrogens is 473 g/mol. The highest BCUT2D eigenvalue weighted by molar-refractivity contribution is 7.92. The Labute approximate surface area is 206 Å². The van der Waals surface area contributed by atoms with E-state index in [0.29, 0.717) is 6.54 Å². The molecule has 0 fully saturated rings. The first kappa shape index (κ1) is 28.0. The summed E-state index contributed by atoms with van der Waals surface area (Å²) in [6.07, 6.45) is 2.58. The van der Waals surface area contributed by atoms with Crippen LogP contribution in [-0.2, 0) is 26.2 Å². The monoisotopic (exact) mass is 505 g/mol. The molecule has 0 saturated heterocycles. The first-order valence-corrected chi connectivity index (χ1v) is 13.2. The van der Waals surface area contributed by atoms with Crippen molar-refractivity contribution in [1.29, 1.82) is 0 Å². The molecular formula is C25H32FN3O5S. The third-order valence-corrected chi connectivity index (χ3v) is 6.66. The summed E-state index contributed by atoms with van der Waals surface area (Å²) in [5.74, 6) is -1.92. The number of ketones is 1. The van der Waals surface area contributed by atoms with Crippen molar-refractivity contribution in [2.24, 2.45) is 0 Å². The van der Waals surface area contributed by atoms with E-state index in [1.165, 1.54) is 50.2 Å². The summed E-state index contributed by atoms with van der Waals surface area (Å²) < 4.78 is 40.4. The second kappa shape index (κ2) is 12.4. The van der Waals surface area contributed by atoms with Gasteiger partial charge in [-0.05, 0) is 38.5 Å². The number of rotatable bonds is 12. The predicted molar refractivity (Wildman–Crippen MR) is 133 cm³/mol. The Morgan fingerprint density at radius 2 is 1.77 bits per heavy atom. The van der Waals surface area contributed by atoms with Gasteiger partial charge in [0.05, 0.1) is 11.9 Å². The van der Waals surface area contributed by atoms with Gasteiger partial charge in [-0.1, -0.05) is 43.7 Å². The summed E-state index contributed by atoms with van der Waals surface area (Å²) >= 11 is 0. The van der Waals surface area contributed by atoms with Crippen LogP contribution in [0.3, 0.4) is 0 Å². The van der Waals surface area contributed by atoms with Crippen LogP contribution in [0.15, 0.2) is 48.5 Å². The number of nitrogens with zero attached hydrogens (tertiary/aromatic N) is 2. The van der Waals surface area contributed by atoms with Crippen LogP contribution in [0.5, 0.6) is 0 Å². The zero-order chi connectivity index (χ0) is 26.2. The average Bonchev–Trinajstić information content (AvgIpc) is 2.80. The number of sulfonamides is 1. The van der Waals surface area contributed by atoms with Crippen molar-refractivity contribution in [3.05, 3.63) is 65.5 Å². The molecule has 0 heterocycles. The van der Waals surface area contributed by atoms with E-state index in [2.05, 4.69) is 5.32 Å². The molecule has 0 bridgehead atoms. The van der Waals surface area contributed by atoms with Crippen LogP contribution in [0, 0.1) is 5.82 Å². The van der Waals surface area contributed by atoms with Gasteiger partial charge in [0.1, 0.15) is 18.4 Å². The van der Waals surface area contributed by atoms with Crippen molar-refractivity contribution in [2.45, 2.75) is 46.2 Å². The van der Waals surface area contributed by atoms with E-state index in [1.807, 2.05) is 6.92 Å². The SMILES string of the molecule is CCCCNC(=O)[C@@H](C)N(Cc1ccccc1F)C(=O)CN(c1cccc(C(C)=O)c1)S(C)(=O)=O. The maximum Gasteiger partial charge on any atom is 0.244 e. The molecule has 0 aliphatic carbocycles. The molecule has 2 amide bonds. The van der Waals surface area contributed by atoms with Gasteiger partial charge in [-0.25, -0.2) is 12.8 Å². The molecule has 0 saturated carbocycles. The van der Waals surface area contributed by atoms with Gasteiger partial charge in [-0.3, -0.25) is 18.7 Å². The number of carbonyl (C=O) groups is 3. The van der Waals surface area contributed by atoms with Gasteiger partial charge in [-0.15, -0.1) is 0 Å². The summed E-state index contributed by atoms with van der Waals surface area (Å²) in [5, 5.41) is 2.76. The molecule has 1 atom stereocenters. The van der Waals surface area contributed by atoms with Crippen LogP contribution in [0.4, 0.5) is 10.1 Å². The minimum atomic E-state index is -3.93. The van der Waals surface area contributed by atoms with Crippen molar-refractivity contribution < 1.29 is 27.2 Å². The van der Waals surface area contributed by atoms with Crippen LogP contribution in [0.25, 0.3) is 0 Å². The molecule has 2 aromatic rings. The predicted octanol–water partition coefficient (Wildman–Crippen LogP) is 3.13. The summed E-state index contributed by atoms with van der Waals surface area (Å²) in [6.45, 7) is 4.42. The number of hydrogen-bond acceptors (Lipinski definition) is 5. The summed E-state index contributed by atoms with van der Waals surface area (Å²) in [4.78, 5) is 39.1. The minimum Gasteiger partial charge on any atom is -0.354 e. The zero-order valence-electron chi connectivity index (χ0n) is 20.5. The average molecular weight is 506 g/mol. The fraction of sp³-hybridized carbons (Fsp3) is 0.400. The fourth-order valence-electron chi connectivity index (χ4n) is 3.42. The van der Waals surface area contributed by atoms with Gasteiger partial charge >= 0.3 is 0 Å². The number of anilines is 1. The maximum absolute atomic E-state index is 14.4. The number of carbonyl (C=O) groups excluding carboxylic acids is 3.